The molecule has 0 bridgehead atoms. The lowest BCUT2D eigenvalue weighted by Gasteiger charge is -2.11. The number of aliphatic imine (C=N–C) groups is 2. The Morgan fingerprint density at radius 3 is 2.38 bits per heavy atom. The number of carbonyl (C=O) groups excluding carboxylic acids is 1. The van der Waals surface area contributed by atoms with Crippen LogP contribution < -0.4 is 16.0 Å². The molecule has 2 aromatic carbocycles. The minimum atomic E-state index is -1.58. The van der Waals surface area contributed by atoms with Crippen molar-refractivity contribution in [3.8, 4) is 0 Å². The van der Waals surface area contributed by atoms with Gasteiger partial charge < -0.3 is 16.0 Å². The molecule has 0 radical (unpaired) electrons. The number of benzene rings is 2. The molecule has 3 N–H and O–H groups in total. The lowest BCUT2D eigenvalue weighted by Crippen LogP contribution is -2.11. The van der Waals surface area contributed by atoms with Crippen molar-refractivity contribution in [2.24, 2.45) is 9.98 Å². The molecule has 0 unspecified atom stereocenters. The first-order valence-electron chi connectivity index (χ1n) is 11.7. The van der Waals surface area contributed by atoms with Gasteiger partial charge in [0.15, 0.2) is 17.5 Å². The molecule has 0 aliphatic carbocycles. The van der Waals surface area contributed by atoms with Crippen LogP contribution in [0, 0.1) is 17.5 Å². The highest BCUT2D eigenvalue weighted by molar-refractivity contribution is 6.04. The molecule has 1 aromatic heterocycles. The van der Waals surface area contributed by atoms with Crippen LogP contribution in [-0.4, -0.2) is 30.5 Å². The van der Waals surface area contributed by atoms with Crippen LogP contribution in [0.1, 0.15) is 13.3 Å². The fourth-order valence-corrected chi connectivity index (χ4v) is 3.41. The molecule has 0 fully saturated rings. The predicted octanol–water partition coefficient (Wildman–Crippen LogP) is 6.76. The monoisotopic (exact) mass is 532 g/mol. The van der Waals surface area contributed by atoms with Crippen molar-refractivity contribution in [2.75, 3.05) is 23.0 Å². The lowest BCUT2D eigenvalue weighted by molar-refractivity contribution is -0.115. The minimum Gasteiger partial charge on any atom is -0.355 e. The molecule has 0 saturated carbocycles. The molecule has 39 heavy (non-hydrogen) atoms. The molecular formula is C29H27F3N6O. The Labute approximate surface area is 224 Å². The number of hydrogen-bond acceptors (Lipinski definition) is 5. The number of nitrogens with zero attached hydrogens (tertiary/aromatic N) is 3. The van der Waals surface area contributed by atoms with Crippen molar-refractivity contribution in [1.29, 1.82) is 0 Å². The second-order valence-electron chi connectivity index (χ2n) is 8.13. The third-order valence-corrected chi connectivity index (χ3v) is 5.33. The van der Waals surface area contributed by atoms with E-state index in [0.29, 0.717) is 28.6 Å². The maximum absolute atomic E-state index is 14.1. The normalized spacial score (nSPS) is 12.5. The Morgan fingerprint density at radius 1 is 1.05 bits per heavy atom. The lowest BCUT2D eigenvalue weighted by atomic mass is 10.1. The summed E-state index contributed by atoms with van der Waals surface area (Å²) in [6.45, 7) is 8.94. The SMILES string of the molecule is C=C/C=C(\C=C/CC(=O)Nc1ccc(NC(/C=C(/C)N=C)=N/C)cc1)Nc1ccnc2c(F)c(F)c(F)cc12. The van der Waals surface area contributed by atoms with Gasteiger partial charge in [-0.25, -0.2) is 13.2 Å². The highest BCUT2D eigenvalue weighted by Crippen LogP contribution is 2.28. The molecule has 200 valence electrons. The molecule has 0 aliphatic rings. The van der Waals surface area contributed by atoms with Gasteiger partial charge in [0.1, 0.15) is 11.4 Å². The van der Waals surface area contributed by atoms with E-state index in [1.807, 2.05) is 6.92 Å². The van der Waals surface area contributed by atoms with Gasteiger partial charge in [-0.3, -0.25) is 19.8 Å². The van der Waals surface area contributed by atoms with Crippen molar-refractivity contribution in [3.63, 3.8) is 0 Å². The first-order chi connectivity index (χ1) is 18.7. The third-order valence-electron chi connectivity index (χ3n) is 5.33. The van der Waals surface area contributed by atoms with Crippen molar-refractivity contribution in [3.05, 3.63) is 108 Å². The van der Waals surface area contributed by atoms with Crippen LogP contribution in [0.5, 0.6) is 0 Å². The largest absolute Gasteiger partial charge is 0.355 e. The Morgan fingerprint density at radius 2 is 1.74 bits per heavy atom. The standard InChI is InChI=1S/C29H27F3N6O/c1-5-7-19(36-24-14-15-35-29-22(24)17-23(30)27(31)28(29)32)8-6-9-26(39)38-21-12-10-20(11-13-21)37-25(34-4)16-18(2)33-3/h5-8,10-17H,1,3,9H2,2,4H3,(H,34,37)(H,35,36)(H,38,39)/b8-6-,18-16-,19-7+. The topological polar surface area (TPSA) is 90.8 Å². The maximum Gasteiger partial charge on any atom is 0.228 e. The molecule has 0 atom stereocenters. The Kier molecular flexibility index (Phi) is 9.91. The Bertz CT molecular complexity index is 1510. The number of pyridine rings is 1. The number of amidine groups is 1. The van der Waals surface area contributed by atoms with E-state index in [4.69, 9.17) is 0 Å². The van der Waals surface area contributed by atoms with Crippen LogP contribution >= 0.6 is 0 Å². The molecule has 3 rings (SSSR count). The average Bonchev–Trinajstić information content (AvgIpc) is 2.92. The zero-order chi connectivity index (χ0) is 28.4. The van der Waals surface area contributed by atoms with E-state index in [9.17, 15) is 18.0 Å². The van der Waals surface area contributed by atoms with Gasteiger partial charge in [-0.15, -0.1) is 0 Å². The molecule has 0 spiro atoms. The maximum atomic E-state index is 14.1. The van der Waals surface area contributed by atoms with Crippen LogP contribution in [0.2, 0.25) is 0 Å². The fourth-order valence-electron chi connectivity index (χ4n) is 3.41. The van der Waals surface area contributed by atoms with Gasteiger partial charge in [0.25, 0.3) is 0 Å². The van der Waals surface area contributed by atoms with E-state index in [0.717, 1.165) is 11.8 Å². The van der Waals surface area contributed by atoms with Crippen LogP contribution in [-0.2, 0) is 4.79 Å². The number of rotatable bonds is 10. The molecule has 1 heterocycles. The van der Waals surface area contributed by atoms with Gasteiger partial charge in [0, 0.05) is 59.6 Å². The van der Waals surface area contributed by atoms with Gasteiger partial charge in [0.05, 0.1) is 0 Å². The molecular weight excluding hydrogens is 505 g/mol. The van der Waals surface area contributed by atoms with E-state index in [2.05, 4.69) is 44.2 Å². The number of halogens is 3. The second kappa shape index (κ2) is 13.5. The van der Waals surface area contributed by atoms with E-state index in [1.165, 1.54) is 18.3 Å². The number of anilines is 3. The number of fused-ring (bicyclic) bond motifs is 1. The second-order valence-corrected chi connectivity index (χ2v) is 8.13. The van der Waals surface area contributed by atoms with E-state index >= 15 is 0 Å². The van der Waals surface area contributed by atoms with E-state index in [1.54, 1.807) is 55.6 Å². The Hall–Kier alpha value is -4.99. The number of carbonyl (C=O) groups is 1. The summed E-state index contributed by atoms with van der Waals surface area (Å²) in [5.41, 5.74) is 2.58. The molecule has 0 aliphatic heterocycles. The summed E-state index contributed by atoms with van der Waals surface area (Å²) >= 11 is 0. The number of hydrogen-bond donors (Lipinski definition) is 3. The molecule has 3 aromatic rings. The van der Waals surface area contributed by atoms with Crippen LogP contribution in [0.4, 0.5) is 30.2 Å². The van der Waals surface area contributed by atoms with Crippen molar-refractivity contribution >= 4 is 46.4 Å². The number of nitrogens with one attached hydrogen (secondary N) is 3. The van der Waals surface area contributed by atoms with Gasteiger partial charge in [0.2, 0.25) is 5.91 Å². The van der Waals surface area contributed by atoms with Crippen molar-refractivity contribution < 1.29 is 18.0 Å². The summed E-state index contributed by atoms with van der Waals surface area (Å²) in [7, 11) is 1.66. The van der Waals surface area contributed by atoms with Crippen LogP contribution in [0.25, 0.3) is 10.9 Å². The summed E-state index contributed by atoms with van der Waals surface area (Å²) in [5, 5.41) is 9.03. The van der Waals surface area contributed by atoms with Gasteiger partial charge in [-0.1, -0.05) is 18.7 Å². The molecule has 7 nitrogen and oxygen atoms in total. The summed E-state index contributed by atoms with van der Waals surface area (Å²) in [6.07, 6.45) is 9.44. The zero-order valence-electron chi connectivity index (χ0n) is 21.4. The van der Waals surface area contributed by atoms with E-state index < -0.39 is 17.5 Å². The number of allylic oxidation sites excluding steroid dienone is 4. The average molecular weight is 533 g/mol. The first kappa shape index (κ1) is 28.6. The Balaban J connectivity index is 1.63. The summed E-state index contributed by atoms with van der Waals surface area (Å²) in [6, 6.07) is 9.47. The smallest absolute Gasteiger partial charge is 0.228 e. The number of aromatic nitrogens is 1. The van der Waals surface area contributed by atoms with Crippen LogP contribution in [0.3, 0.4) is 0 Å². The number of amides is 1. The summed E-state index contributed by atoms with van der Waals surface area (Å²) in [4.78, 5) is 24.2. The first-order valence-corrected chi connectivity index (χ1v) is 11.7. The quantitative estimate of drug-likeness (QED) is 0.116. The summed E-state index contributed by atoms with van der Waals surface area (Å²) in [5.74, 6) is -3.92. The third kappa shape index (κ3) is 7.75. The molecule has 10 heteroatoms. The van der Waals surface area contributed by atoms with Crippen molar-refractivity contribution in [2.45, 2.75) is 13.3 Å². The van der Waals surface area contributed by atoms with Crippen molar-refractivity contribution in [1.82, 2.24) is 4.98 Å². The minimum absolute atomic E-state index is 0.0486. The van der Waals surface area contributed by atoms with Gasteiger partial charge in [-0.05, 0) is 62.2 Å². The zero-order valence-corrected chi connectivity index (χ0v) is 21.4. The van der Waals surface area contributed by atoms with Gasteiger partial charge in [-0.2, -0.15) is 0 Å². The summed E-state index contributed by atoms with van der Waals surface area (Å²) < 4.78 is 41.6. The van der Waals surface area contributed by atoms with Gasteiger partial charge >= 0.3 is 0 Å². The molecule has 1 amide bonds. The highest BCUT2D eigenvalue weighted by Gasteiger charge is 2.16. The fraction of sp³-hybridized carbons (Fsp3) is 0.103. The van der Waals surface area contributed by atoms with Crippen LogP contribution in [0.15, 0.2) is 101 Å². The predicted molar refractivity (Wildman–Crippen MR) is 153 cm³/mol. The highest BCUT2D eigenvalue weighted by atomic mass is 19.2. The molecule has 0 saturated heterocycles. The van der Waals surface area contributed by atoms with E-state index in [-0.39, 0.29) is 23.2 Å².